The summed E-state index contributed by atoms with van der Waals surface area (Å²) in [7, 11) is 2.35. The number of nitrogens with zero attached hydrogens (tertiary/aromatic N) is 1. The van der Waals surface area contributed by atoms with Crippen LogP contribution in [0.25, 0.3) is 0 Å². The van der Waals surface area contributed by atoms with Gasteiger partial charge >= 0.3 is 12.0 Å². The third kappa shape index (κ3) is 10.2. The maximum absolute atomic E-state index is 13.2. The molecule has 0 radical (unpaired) electrons. The maximum Gasteiger partial charge on any atom is 0.339 e. The molecule has 0 saturated heterocycles. The molecule has 0 aromatic heterocycles. The normalized spacial score (nSPS) is 10.8. The van der Waals surface area contributed by atoms with Crippen LogP contribution in [-0.4, -0.2) is 71.2 Å². The van der Waals surface area contributed by atoms with E-state index in [1.54, 1.807) is 24.3 Å². The van der Waals surface area contributed by atoms with Gasteiger partial charge in [-0.15, -0.1) is 0 Å². The van der Waals surface area contributed by atoms with Crippen molar-refractivity contribution in [2.24, 2.45) is 0 Å². The third-order valence-electron chi connectivity index (χ3n) is 8.41. The second-order valence-electron chi connectivity index (χ2n) is 12.3. The van der Waals surface area contributed by atoms with Crippen molar-refractivity contribution in [3.05, 3.63) is 125 Å². The summed E-state index contributed by atoms with van der Waals surface area (Å²) in [5, 5.41) is 55.2. The van der Waals surface area contributed by atoms with Crippen LogP contribution in [-0.2, 0) is 4.79 Å². The van der Waals surface area contributed by atoms with Crippen molar-refractivity contribution in [3.8, 4) is 29.1 Å². The Morgan fingerprint density at radius 3 is 1.59 bits per heavy atom. The Kier molecular flexibility index (Phi) is 13.3. The monoisotopic (exact) mass is 801 g/mol. The number of anilines is 5. The van der Waals surface area contributed by atoms with E-state index < -0.39 is 58.7 Å². The Bertz CT molecular complexity index is 2450. The Labute approximate surface area is 335 Å². The molecule has 5 rings (SSSR count). The molecule has 0 fully saturated rings. The van der Waals surface area contributed by atoms with Crippen LogP contribution in [0.1, 0.15) is 47.9 Å². The summed E-state index contributed by atoms with van der Waals surface area (Å²) in [5.41, 5.74) is 0.643. The van der Waals surface area contributed by atoms with Crippen molar-refractivity contribution < 1.29 is 53.6 Å². The zero-order valence-corrected chi connectivity index (χ0v) is 31.2. The first-order valence-corrected chi connectivity index (χ1v) is 17.3. The molecular formula is C41H35N7O11. The second-order valence-corrected chi connectivity index (χ2v) is 12.3. The highest BCUT2D eigenvalue weighted by Gasteiger charge is 2.25. The molecule has 0 saturated carbocycles. The number of amides is 6. The van der Waals surface area contributed by atoms with Gasteiger partial charge in [-0.2, -0.15) is 5.26 Å². The van der Waals surface area contributed by atoms with E-state index in [1.807, 2.05) is 12.1 Å². The minimum Gasteiger partial charge on any atom is -0.504 e. The van der Waals surface area contributed by atoms with Gasteiger partial charge in [-0.05, 0) is 84.9 Å². The van der Waals surface area contributed by atoms with Crippen LogP contribution >= 0.6 is 0 Å². The fraction of sp³-hybridized carbons (Fsp3) is 0.0976. The Morgan fingerprint density at radius 2 is 1.07 bits per heavy atom. The molecule has 9 N–H and O–H groups in total. The highest BCUT2D eigenvalue weighted by Crippen LogP contribution is 2.40. The second kappa shape index (κ2) is 18.8. The van der Waals surface area contributed by atoms with Gasteiger partial charge < -0.3 is 56.7 Å². The molecule has 0 bridgehead atoms. The van der Waals surface area contributed by atoms with E-state index in [-0.39, 0.29) is 51.7 Å². The van der Waals surface area contributed by atoms with E-state index in [4.69, 9.17) is 9.47 Å². The lowest BCUT2D eigenvalue weighted by Gasteiger charge is -2.17. The summed E-state index contributed by atoms with van der Waals surface area (Å²) in [6, 6.07) is 25.1. The van der Waals surface area contributed by atoms with Gasteiger partial charge in [0.25, 0.3) is 17.7 Å². The lowest BCUT2D eigenvalue weighted by atomic mass is 10.1. The molecule has 0 aliphatic carbocycles. The van der Waals surface area contributed by atoms with Crippen LogP contribution in [0.2, 0.25) is 0 Å². The largest absolute Gasteiger partial charge is 0.504 e. The summed E-state index contributed by atoms with van der Waals surface area (Å²) >= 11 is 0. The first kappa shape index (κ1) is 41.6. The number of methoxy groups -OCH3 is 2. The van der Waals surface area contributed by atoms with E-state index in [0.717, 1.165) is 13.2 Å². The molecule has 18 heteroatoms. The molecule has 0 heterocycles. The van der Waals surface area contributed by atoms with Crippen LogP contribution < -0.4 is 41.4 Å². The number of carboxylic acid groups (broad SMARTS) is 1. The molecule has 300 valence electrons. The lowest BCUT2D eigenvalue weighted by molar-refractivity contribution is -0.117. The number of para-hydroxylation sites is 1. The standard InChI is InChI=1S/C41H35N7O11/c1-58-34-29(18-16-27(32(34)49)38(53)47-30-19-17-28(40(55)56)33(50)35(30)59-2)46-36(51)22-8-12-25(13-9-22)43-39(54)31(20-21-42)48-37(52)23-10-14-26(15-11-23)45-41(57)44-24-6-4-3-5-7-24/h3-19,31,49-50H,20H2,1-2H3,(H,43,54)(H,46,51)(H,47,53)(H,48,52)(H,55,56)(H2,44,45,57). The van der Waals surface area contributed by atoms with Crippen LogP contribution in [0.5, 0.6) is 23.0 Å². The van der Waals surface area contributed by atoms with Crippen molar-refractivity contribution in [1.82, 2.24) is 5.32 Å². The maximum atomic E-state index is 13.2. The number of hydrogen-bond acceptors (Lipinski definition) is 11. The highest BCUT2D eigenvalue weighted by molar-refractivity contribution is 6.10. The molecule has 1 atom stereocenters. The number of nitriles is 1. The topological polar surface area (TPSA) is 278 Å². The quantitative estimate of drug-likeness (QED) is 0.0663. The molecule has 59 heavy (non-hydrogen) atoms. The predicted molar refractivity (Wildman–Crippen MR) is 214 cm³/mol. The Hall–Kier alpha value is -8.59. The number of carbonyl (C=O) groups is 6. The van der Waals surface area contributed by atoms with Gasteiger partial charge in [0.1, 0.15) is 11.6 Å². The van der Waals surface area contributed by atoms with E-state index >= 15 is 0 Å². The summed E-state index contributed by atoms with van der Waals surface area (Å²) in [5.74, 6) is -6.28. The number of phenols is 2. The zero-order valence-electron chi connectivity index (χ0n) is 31.2. The van der Waals surface area contributed by atoms with Gasteiger partial charge in [-0.1, -0.05) is 18.2 Å². The minimum atomic E-state index is -1.42. The van der Waals surface area contributed by atoms with Crippen molar-refractivity contribution >= 4 is 64.1 Å². The number of urea groups is 1. The summed E-state index contributed by atoms with van der Waals surface area (Å²) < 4.78 is 10.3. The van der Waals surface area contributed by atoms with Crippen LogP contribution in [0.3, 0.4) is 0 Å². The Balaban J connectivity index is 1.18. The SMILES string of the molecule is COc1c(NC(=O)c2ccc(NC(=O)c3ccc(NC(=O)C(CC#N)NC(=O)c4ccc(NC(=O)Nc5ccccc5)cc4)cc3)c(OC)c2O)ccc(C(=O)O)c1O. The average molecular weight is 802 g/mol. The average Bonchev–Trinajstić information content (AvgIpc) is 3.21. The first-order valence-electron chi connectivity index (χ1n) is 17.3. The molecule has 1 unspecified atom stereocenters. The number of rotatable bonds is 14. The third-order valence-corrected chi connectivity index (χ3v) is 8.41. The van der Waals surface area contributed by atoms with Crippen molar-refractivity contribution in [2.75, 3.05) is 40.8 Å². The van der Waals surface area contributed by atoms with Gasteiger partial charge in [-0.25, -0.2) is 9.59 Å². The number of aromatic carboxylic acids is 1. The number of benzene rings is 5. The van der Waals surface area contributed by atoms with Gasteiger partial charge in [0, 0.05) is 28.2 Å². The Morgan fingerprint density at radius 1 is 0.593 bits per heavy atom. The predicted octanol–water partition coefficient (Wildman–Crippen LogP) is 5.61. The fourth-order valence-corrected chi connectivity index (χ4v) is 5.49. The molecule has 0 aliphatic heterocycles. The van der Waals surface area contributed by atoms with Gasteiger partial charge in [-0.3, -0.25) is 19.2 Å². The number of aromatic hydroxyl groups is 2. The summed E-state index contributed by atoms with van der Waals surface area (Å²) in [4.78, 5) is 76.0. The molecule has 6 amide bonds. The molecular weight excluding hydrogens is 766 g/mol. The first-order chi connectivity index (χ1) is 28.3. The van der Waals surface area contributed by atoms with Crippen molar-refractivity contribution in [3.63, 3.8) is 0 Å². The van der Waals surface area contributed by atoms with E-state index in [0.29, 0.717) is 11.4 Å². The number of nitrogens with one attached hydrogen (secondary N) is 6. The minimum absolute atomic E-state index is 0.0143. The molecule has 0 spiro atoms. The van der Waals surface area contributed by atoms with E-state index in [2.05, 4.69) is 31.9 Å². The molecule has 5 aromatic carbocycles. The molecule has 5 aromatic rings. The number of carbonyl (C=O) groups excluding carboxylic acids is 5. The van der Waals surface area contributed by atoms with E-state index in [9.17, 15) is 49.3 Å². The highest BCUT2D eigenvalue weighted by atomic mass is 16.5. The van der Waals surface area contributed by atoms with E-state index in [1.165, 1.54) is 73.8 Å². The number of phenolic OH excluding ortho intramolecular Hbond substituents is 1. The van der Waals surface area contributed by atoms with Crippen LogP contribution in [0, 0.1) is 11.3 Å². The molecule has 0 aliphatic rings. The molecule has 18 nitrogen and oxygen atoms in total. The summed E-state index contributed by atoms with van der Waals surface area (Å²) in [6.45, 7) is 0. The van der Waals surface area contributed by atoms with Crippen molar-refractivity contribution in [2.45, 2.75) is 12.5 Å². The summed E-state index contributed by atoms with van der Waals surface area (Å²) in [6.07, 6.45) is -0.357. The van der Waals surface area contributed by atoms with Crippen LogP contribution in [0.15, 0.2) is 103 Å². The van der Waals surface area contributed by atoms with Gasteiger partial charge in [0.15, 0.2) is 23.0 Å². The van der Waals surface area contributed by atoms with Gasteiger partial charge in [0.05, 0.1) is 43.6 Å². The smallest absolute Gasteiger partial charge is 0.339 e. The van der Waals surface area contributed by atoms with Crippen LogP contribution in [0.4, 0.5) is 33.2 Å². The van der Waals surface area contributed by atoms with Crippen molar-refractivity contribution in [1.29, 1.82) is 5.26 Å². The van der Waals surface area contributed by atoms with Gasteiger partial charge in [0.2, 0.25) is 5.91 Å². The fourth-order valence-electron chi connectivity index (χ4n) is 5.49. The lowest BCUT2D eigenvalue weighted by Crippen LogP contribution is -2.43. The zero-order chi connectivity index (χ0) is 42.6. The number of carboxylic acids is 1. The number of ether oxygens (including phenoxy) is 2. The number of hydrogen-bond donors (Lipinski definition) is 9.